The van der Waals surface area contributed by atoms with Crippen LogP contribution in [0.25, 0.3) is 0 Å². The molecule has 1 saturated heterocycles. The number of hydrogen-bond donors (Lipinski definition) is 1. The Morgan fingerprint density at radius 2 is 2.12 bits per heavy atom. The van der Waals surface area contributed by atoms with Crippen LogP contribution in [0.5, 0.6) is 0 Å². The Hall–Kier alpha value is -0.900. The average molecular weight is 235 g/mol. The van der Waals surface area contributed by atoms with E-state index in [1.165, 1.54) is 5.56 Å². The molecule has 3 heteroatoms. The summed E-state index contributed by atoms with van der Waals surface area (Å²) < 4.78 is 11.0. The molecule has 1 aromatic carbocycles. The van der Waals surface area contributed by atoms with Gasteiger partial charge in [-0.25, -0.2) is 0 Å². The first-order valence-corrected chi connectivity index (χ1v) is 6.31. The maximum absolute atomic E-state index is 5.59. The fourth-order valence-electron chi connectivity index (χ4n) is 2.03. The summed E-state index contributed by atoms with van der Waals surface area (Å²) in [6, 6.07) is 11.0. The van der Waals surface area contributed by atoms with Gasteiger partial charge in [0.15, 0.2) is 0 Å². The van der Waals surface area contributed by atoms with Crippen molar-refractivity contribution in [3.8, 4) is 0 Å². The minimum Gasteiger partial charge on any atom is -0.376 e. The lowest BCUT2D eigenvalue weighted by Gasteiger charge is -2.25. The van der Waals surface area contributed by atoms with Gasteiger partial charge in [0.05, 0.1) is 25.9 Å². The van der Waals surface area contributed by atoms with Crippen LogP contribution in [-0.2, 0) is 15.9 Å². The highest BCUT2D eigenvalue weighted by molar-refractivity contribution is 5.15. The molecule has 0 spiro atoms. The molecule has 17 heavy (non-hydrogen) atoms. The van der Waals surface area contributed by atoms with E-state index in [4.69, 9.17) is 9.47 Å². The lowest BCUT2D eigenvalue weighted by Crippen LogP contribution is -2.41. The van der Waals surface area contributed by atoms with Crippen LogP contribution in [-0.4, -0.2) is 38.5 Å². The number of benzene rings is 1. The smallest absolute Gasteiger partial charge is 0.0933 e. The predicted octanol–water partition coefficient (Wildman–Crippen LogP) is 1.62. The van der Waals surface area contributed by atoms with Crippen LogP contribution in [0.1, 0.15) is 12.5 Å². The zero-order chi connectivity index (χ0) is 11.9. The Bertz CT molecular complexity index is 309. The summed E-state index contributed by atoms with van der Waals surface area (Å²) in [6.07, 6.45) is 1.26. The summed E-state index contributed by atoms with van der Waals surface area (Å²) >= 11 is 0. The van der Waals surface area contributed by atoms with Crippen molar-refractivity contribution < 1.29 is 9.47 Å². The molecule has 94 valence electrons. The van der Waals surface area contributed by atoms with Gasteiger partial charge in [-0.15, -0.1) is 0 Å². The van der Waals surface area contributed by atoms with Gasteiger partial charge in [-0.05, 0) is 18.9 Å². The molecule has 3 nitrogen and oxygen atoms in total. The molecule has 1 N–H and O–H groups in total. The highest BCUT2D eigenvalue weighted by atomic mass is 16.6. The predicted molar refractivity (Wildman–Crippen MR) is 68.2 cm³/mol. The van der Waals surface area contributed by atoms with Crippen LogP contribution >= 0.6 is 0 Å². The highest BCUT2D eigenvalue weighted by Gasteiger charge is 2.14. The van der Waals surface area contributed by atoms with E-state index in [2.05, 4.69) is 42.6 Å². The molecule has 0 radical (unpaired) electrons. The highest BCUT2D eigenvalue weighted by Crippen LogP contribution is 2.04. The Morgan fingerprint density at radius 1 is 1.29 bits per heavy atom. The van der Waals surface area contributed by atoms with Gasteiger partial charge in [-0.1, -0.05) is 30.3 Å². The molecule has 1 aromatic rings. The van der Waals surface area contributed by atoms with E-state index < -0.39 is 0 Å². The SMILES string of the molecule is CC(Cc1ccccc1)NCC1COCCO1. The largest absolute Gasteiger partial charge is 0.376 e. The van der Waals surface area contributed by atoms with Crippen LogP contribution in [0.15, 0.2) is 30.3 Å². The lowest BCUT2D eigenvalue weighted by atomic mass is 10.1. The Balaban J connectivity index is 1.68. The molecule has 2 rings (SSSR count). The number of rotatable bonds is 5. The molecular weight excluding hydrogens is 214 g/mol. The van der Waals surface area contributed by atoms with Crippen molar-refractivity contribution in [1.82, 2.24) is 5.32 Å². The molecular formula is C14H21NO2. The van der Waals surface area contributed by atoms with Crippen molar-refractivity contribution in [2.45, 2.75) is 25.5 Å². The molecule has 1 heterocycles. The maximum Gasteiger partial charge on any atom is 0.0933 e. The third-order valence-corrected chi connectivity index (χ3v) is 2.96. The van der Waals surface area contributed by atoms with Crippen molar-refractivity contribution >= 4 is 0 Å². The number of nitrogens with one attached hydrogen (secondary N) is 1. The Kier molecular flexibility index (Phi) is 4.98. The summed E-state index contributed by atoms with van der Waals surface area (Å²) in [5.41, 5.74) is 1.37. The Labute approximate surface area is 103 Å². The summed E-state index contributed by atoms with van der Waals surface area (Å²) in [6.45, 7) is 5.24. The molecule has 0 saturated carbocycles. The van der Waals surface area contributed by atoms with Gasteiger partial charge in [0, 0.05) is 12.6 Å². The normalized spacial score (nSPS) is 22.3. The summed E-state index contributed by atoms with van der Waals surface area (Å²) in [4.78, 5) is 0. The molecule has 2 atom stereocenters. The molecule has 0 bridgehead atoms. The minimum atomic E-state index is 0.210. The maximum atomic E-state index is 5.59. The van der Waals surface area contributed by atoms with E-state index in [1.54, 1.807) is 0 Å². The average Bonchev–Trinajstić information content (AvgIpc) is 2.39. The van der Waals surface area contributed by atoms with Crippen LogP contribution in [0.3, 0.4) is 0 Å². The van der Waals surface area contributed by atoms with Gasteiger partial charge >= 0.3 is 0 Å². The van der Waals surface area contributed by atoms with Gasteiger partial charge in [-0.3, -0.25) is 0 Å². The quantitative estimate of drug-likeness (QED) is 0.841. The Morgan fingerprint density at radius 3 is 2.82 bits per heavy atom. The second kappa shape index (κ2) is 6.74. The number of ether oxygens (including phenoxy) is 2. The van der Waals surface area contributed by atoms with E-state index in [9.17, 15) is 0 Å². The van der Waals surface area contributed by atoms with Crippen LogP contribution < -0.4 is 5.32 Å². The summed E-state index contributed by atoms with van der Waals surface area (Å²) in [7, 11) is 0. The van der Waals surface area contributed by atoms with Crippen LogP contribution in [0, 0.1) is 0 Å². The van der Waals surface area contributed by atoms with Gasteiger partial charge in [0.1, 0.15) is 0 Å². The first kappa shape index (κ1) is 12.6. The molecule has 0 aliphatic carbocycles. The zero-order valence-corrected chi connectivity index (χ0v) is 10.4. The van der Waals surface area contributed by atoms with Crippen molar-refractivity contribution in [3.05, 3.63) is 35.9 Å². The first-order chi connectivity index (χ1) is 8.34. The van der Waals surface area contributed by atoms with Gasteiger partial charge in [-0.2, -0.15) is 0 Å². The molecule has 2 unspecified atom stereocenters. The van der Waals surface area contributed by atoms with E-state index in [0.29, 0.717) is 12.6 Å². The van der Waals surface area contributed by atoms with E-state index in [-0.39, 0.29) is 6.10 Å². The monoisotopic (exact) mass is 235 g/mol. The summed E-state index contributed by atoms with van der Waals surface area (Å²) in [5, 5.41) is 3.50. The zero-order valence-electron chi connectivity index (χ0n) is 10.4. The lowest BCUT2D eigenvalue weighted by molar-refractivity contribution is -0.0869. The van der Waals surface area contributed by atoms with Crippen molar-refractivity contribution in [2.75, 3.05) is 26.4 Å². The molecule has 0 aromatic heterocycles. The van der Waals surface area contributed by atoms with Gasteiger partial charge in [0.25, 0.3) is 0 Å². The first-order valence-electron chi connectivity index (χ1n) is 6.31. The standard InChI is InChI=1S/C14H21NO2/c1-12(9-13-5-3-2-4-6-13)15-10-14-11-16-7-8-17-14/h2-6,12,14-15H,7-11H2,1H3. The molecule has 1 fully saturated rings. The second-order valence-corrected chi connectivity index (χ2v) is 4.57. The molecule has 0 amide bonds. The third-order valence-electron chi connectivity index (χ3n) is 2.96. The van der Waals surface area contributed by atoms with Crippen LogP contribution in [0.4, 0.5) is 0 Å². The third kappa shape index (κ3) is 4.46. The summed E-state index contributed by atoms with van der Waals surface area (Å²) in [5.74, 6) is 0. The van der Waals surface area contributed by atoms with E-state index >= 15 is 0 Å². The van der Waals surface area contributed by atoms with E-state index in [0.717, 1.165) is 26.2 Å². The minimum absolute atomic E-state index is 0.210. The van der Waals surface area contributed by atoms with Gasteiger partial charge in [0.2, 0.25) is 0 Å². The van der Waals surface area contributed by atoms with Crippen molar-refractivity contribution in [1.29, 1.82) is 0 Å². The molecule has 1 aliphatic rings. The van der Waals surface area contributed by atoms with Gasteiger partial charge < -0.3 is 14.8 Å². The van der Waals surface area contributed by atoms with E-state index in [1.807, 2.05) is 0 Å². The topological polar surface area (TPSA) is 30.5 Å². The van der Waals surface area contributed by atoms with Crippen molar-refractivity contribution in [3.63, 3.8) is 0 Å². The fraction of sp³-hybridized carbons (Fsp3) is 0.571. The molecule has 1 aliphatic heterocycles. The fourth-order valence-corrected chi connectivity index (χ4v) is 2.03. The van der Waals surface area contributed by atoms with Crippen molar-refractivity contribution in [2.24, 2.45) is 0 Å². The van der Waals surface area contributed by atoms with Crippen LogP contribution in [0.2, 0.25) is 0 Å². The number of hydrogen-bond acceptors (Lipinski definition) is 3. The second-order valence-electron chi connectivity index (χ2n) is 4.57.